The maximum absolute atomic E-state index is 11.7. The molecule has 2 N–H and O–H groups in total. The SMILES string of the molecule is CC(=C\[C@@H](C)[C@@H](C)O)/C=C(\C)c1oc(=O)c(C)c(O)c1C. The van der Waals surface area contributed by atoms with Crippen molar-refractivity contribution in [3.8, 4) is 5.75 Å². The van der Waals surface area contributed by atoms with Gasteiger partial charge >= 0.3 is 5.63 Å². The number of hydrogen-bond donors (Lipinski definition) is 2. The first-order valence-electron chi connectivity index (χ1n) is 7.03. The average Bonchev–Trinajstić information content (AvgIpc) is 2.39. The quantitative estimate of drug-likeness (QED) is 0.835. The molecule has 1 aromatic heterocycles. The summed E-state index contributed by atoms with van der Waals surface area (Å²) in [6.07, 6.45) is 3.41. The van der Waals surface area contributed by atoms with E-state index in [-0.39, 0.29) is 17.2 Å². The highest BCUT2D eigenvalue weighted by Gasteiger charge is 2.14. The summed E-state index contributed by atoms with van der Waals surface area (Å²) in [6.45, 7) is 10.7. The van der Waals surface area contributed by atoms with Gasteiger partial charge < -0.3 is 14.6 Å². The molecule has 21 heavy (non-hydrogen) atoms. The van der Waals surface area contributed by atoms with E-state index in [0.29, 0.717) is 11.3 Å². The van der Waals surface area contributed by atoms with Crippen molar-refractivity contribution in [2.75, 3.05) is 0 Å². The van der Waals surface area contributed by atoms with Gasteiger partial charge in [0, 0.05) is 11.5 Å². The molecule has 0 aliphatic heterocycles. The lowest BCUT2D eigenvalue weighted by molar-refractivity contribution is 0.157. The normalized spacial score (nSPS) is 16.0. The van der Waals surface area contributed by atoms with Crippen molar-refractivity contribution in [2.24, 2.45) is 5.92 Å². The number of allylic oxidation sites excluding steroid dienone is 3. The molecule has 0 amide bonds. The smallest absolute Gasteiger partial charge is 0.342 e. The van der Waals surface area contributed by atoms with Crippen LogP contribution in [0.4, 0.5) is 0 Å². The topological polar surface area (TPSA) is 70.7 Å². The molecule has 4 heteroatoms. The zero-order chi connectivity index (χ0) is 16.3. The second kappa shape index (κ2) is 6.76. The van der Waals surface area contributed by atoms with Gasteiger partial charge in [0.25, 0.3) is 0 Å². The molecule has 0 saturated heterocycles. The van der Waals surface area contributed by atoms with Gasteiger partial charge in [-0.15, -0.1) is 0 Å². The van der Waals surface area contributed by atoms with Crippen LogP contribution in [0.1, 0.15) is 44.6 Å². The minimum Gasteiger partial charge on any atom is -0.507 e. The van der Waals surface area contributed by atoms with Crippen LogP contribution in [0.5, 0.6) is 5.75 Å². The predicted molar refractivity (Wildman–Crippen MR) is 84.4 cm³/mol. The van der Waals surface area contributed by atoms with E-state index in [2.05, 4.69) is 0 Å². The fraction of sp³-hybridized carbons (Fsp3) is 0.471. The number of rotatable bonds is 4. The molecule has 0 aliphatic carbocycles. The molecule has 0 radical (unpaired) electrons. The Morgan fingerprint density at radius 3 is 2.29 bits per heavy atom. The summed E-state index contributed by atoms with van der Waals surface area (Å²) in [4.78, 5) is 11.7. The van der Waals surface area contributed by atoms with Gasteiger partial charge in [-0.2, -0.15) is 0 Å². The maximum Gasteiger partial charge on any atom is 0.342 e. The van der Waals surface area contributed by atoms with E-state index in [1.807, 2.05) is 32.9 Å². The van der Waals surface area contributed by atoms with E-state index in [4.69, 9.17) is 4.42 Å². The molecule has 116 valence electrons. The fourth-order valence-electron chi connectivity index (χ4n) is 2.12. The zero-order valence-corrected chi connectivity index (χ0v) is 13.5. The van der Waals surface area contributed by atoms with Crippen molar-refractivity contribution in [1.29, 1.82) is 0 Å². The van der Waals surface area contributed by atoms with Gasteiger partial charge in [0.05, 0.1) is 11.7 Å². The Morgan fingerprint density at radius 2 is 1.76 bits per heavy atom. The van der Waals surface area contributed by atoms with E-state index in [1.165, 1.54) is 6.92 Å². The minimum atomic E-state index is -0.528. The summed E-state index contributed by atoms with van der Waals surface area (Å²) in [5.74, 6) is 0.405. The molecule has 0 spiro atoms. The maximum atomic E-state index is 11.7. The van der Waals surface area contributed by atoms with Crippen LogP contribution in [0.3, 0.4) is 0 Å². The second-order valence-corrected chi connectivity index (χ2v) is 5.66. The molecule has 0 fully saturated rings. The van der Waals surface area contributed by atoms with Crippen molar-refractivity contribution < 1.29 is 14.6 Å². The van der Waals surface area contributed by atoms with Crippen molar-refractivity contribution >= 4 is 5.57 Å². The number of aliphatic hydroxyl groups excluding tert-OH is 1. The Morgan fingerprint density at radius 1 is 1.19 bits per heavy atom. The average molecular weight is 292 g/mol. The van der Waals surface area contributed by atoms with Crippen LogP contribution >= 0.6 is 0 Å². The molecule has 0 unspecified atom stereocenters. The first-order valence-corrected chi connectivity index (χ1v) is 7.03. The summed E-state index contributed by atoms with van der Waals surface area (Å²) in [5, 5.41) is 19.4. The summed E-state index contributed by atoms with van der Waals surface area (Å²) in [6, 6.07) is 0. The predicted octanol–water partition coefficient (Wildman–Crippen LogP) is 3.33. The first kappa shape index (κ1) is 17.2. The van der Waals surface area contributed by atoms with Gasteiger partial charge in [0.2, 0.25) is 0 Å². The van der Waals surface area contributed by atoms with Crippen molar-refractivity contribution in [1.82, 2.24) is 0 Å². The van der Waals surface area contributed by atoms with Gasteiger partial charge in [-0.25, -0.2) is 4.79 Å². The van der Waals surface area contributed by atoms with Gasteiger partial charge in [-0.1, -0.05) is 24.6 Å². The van der Waals surface area contributed by atoms with Crippen LogP contribution in [0.2, 0.25) is 0 Å². The molecule has 0 saturated carbocycles. The molecular weight excluding hydrogens is 268 g/mol. The van der Waals surface area contributed by atoms with Crippen molar-refractivity contribution in [2.45, 2.75) is 47.6 Å². The van der Waals surface area contributed by atoms with Crippen LogP contribution < -0.4 is 5.63 Å². The van der Waals surface area contributed by atoms with E-state index < -0.39 is 11.7 Å². The summed E-state index contributed by atoms with van der Waals surface area (Å²) in [5.41, 5.74) is 1.96. The molecule has 2 atom stereocenters. The van der Waals surface area contributed by atoms with Gasteiger partial charge in [-0.3, -0.25) is 0 Å². The van der Waals surface area contributed by atoms with E-state index >= 15 is 0 Å². The molecule has 1 aromatic rings. The highest BCUT2D eigenvalue weighted by atomic mass is 16.4. The third-order valence-corrected chi connectivity index (χ3v) is 3.64. The van der Waals surface area contributed by atoms with E-state index in [0.717, 1.165) is 11.1 Å². The van der Waals surface area contributed by atoms with Gasteiger partial charge in [-0.05, 0) is 40.2 Å². The van der Waals surface area contributed by atoms with Gasteiger partial charge in [0.1, 0.15) is 11.5 Å². The fourth-order valence-corrected chi connectivity index (χ4v) is 2.12. The lowest BCUT2D eigenvalue weighted by atomic mass is 10.0. The van der Waals surface area contributed by atoms with Crippen LogP contribution in [0, 0.1) is 19.8 Å². The Labute approximate surface area is 125 Å². The van der Waals surface area contributed by atoms with Crippen molar-refractivity contribution in [3.63, 3.8) is 0 Å². The van der Waals surface area contributed by atoms with Gasteiger partial charge in [0.15, 0.2) is 0 Å². The van der Waals surface area contributed by atoms with Crippen LogP contribution in [-0.2, 0) is 0 Å². The molecule has 1 heterocycles. The number of aromatic hydroxyl groups is 1. The molecule has 0 aliphatic rings. The summed E-state index contributed by atoms with van der Waals surface area (Å²) < 4.78 is 5.27. The van der Waals surface area contributed by atoms with Crippen molar-refractivity contribution in [3.05, 3.63) is 45.0 Å². The molecule has 4 nitrogen and oxygen atoms in total. The van der Waals surface area contributed by atoms with E-state index in [9.17, 15) is 15.0 Å². The lowest BCUT2D eigenvalue weighted by Gasteiger charge is -2.11. The molecule has 0 aromatic carbocycles. The van der Waals surface area contributed by atoms with Crippen LogP contribution in [0.25, 0.3) is 5.57 Å². The number of hydrogen-bond acceptors (Lipinski definition) is 4. The number of aliphatic hydroxyl groups is 1. The third kappa shape index (κ3) is 4.08. The lowest BCUT2D eigenvalue weighted by Crippen LogP contribution is -2.10. The summed E-state index contributed by atoms with van der Waals surface area (Å²) >= 11 is 0. The highest BCUT2D eigenvalue weighted by Crippen LogP contribution is 2.27. The summed E-state index contributed by atoms with van der Waals surface area (Å²) in [7, 11) is 0. The monoisotopic (exact) mass is 292 g/mol. The third-order valence-electron chi connectivity index (χ3n) is 3.64. The molecule has 1 rings (SSSR count). The zero-order valence-electron chi connectivity index (χ0n) is 13.5. The Bertz CT molecular complexity index is 633. The Balaban J connectivity index is 3.23. The second-order valence-electron chi connectivity index (χ2n) is 5.66. The largest absolute Gasteiger partial charge is 0.507 e. The Kier molecular flexibility index (Phi) is 5.55. The van der Waals surface area contributed by atoms with Crippen LogP contribution in [0.15, 0.2) is 26.9 Å². The highest BCUT2D eigenvalue weighted by molar-refractivity contribution is 5.66. The minimum absolute atomic E-state index is 0.0204. The standard InChI is InChI=1S/C17H24O4/c1-9(7-10(2)14(6)18)8-11(3)16-12(4)15(19)13(5)17(20)21-16/h7-8,10,14,18-19H,1-6H3/b9-7+,11-8+/t10-,14-/m1/s1. The Hall–Kier alpha value is -1.81. The first-order chi connectivity index (χ1) is 9.65. The molecular formula is C17H24O4. The molecule has 0 bridgehead atoms. The van der Waals surface area contributed by atoms with E-state index in [1.54, 1.807) is 13.8 Å². The van der Waals surface area contributed by atoms with Crippen LogP contribution in [-0.4, -0.2) is 16.3 Å².